The van der Waals surface area contributed by atoms with Crippen molar-refractivity contribution >= 4 is 15.9 Å². The maximum absolute atomic E-state index is 6.09. The Labute approximate surface area is 95.4 Å². The molecule has 2 rings (SSSR count). The summed E-state index contributed by atoms with van der Waals surface area (Å²) in [6.07, 6.45) is 3.46. The van der Waals surface area contributed by atoms with Crippen LogP contribution in [0, 0.1) is 0 Å². The van der Waals surface area contributed by atoms with Crippen LogP contribution in [-0.2, 0) is 7.05 Å². The van der Waals surface area contributed by atoms with Crippen molar-refractivity contribution in [2.45, 2.75) is 6.04 Å². The molecule has 2 aromatic heterocycles. The predicted molar refractivity (Wildman–Crippen MR) is 59.0 cm³/mol. The third kappa shape index (κ3) is 1.91. The van der Waals surface area contributed by atoms with E-state index in [1.807, 2.05) is 19.2 Å². The number of hydrogen-bond donors (Lipinski definition) is 1. The molecular formula is C9H10BrN5. The highest BCUT2D eigenvalue weighted by molar-refractivity contribution is 9.10. The number of pyridine rings is 1. The van der Waals surface area contributed by atoms with E-state index in [2.05, 4.69) is 31.2 Å². The molecule has 78 valence electrons. The Kier molecular flexibility index (Phi) is 2.79. The zero-order valence-electron chi connectivity index (χ0n) is 8.13. The van der Waals surface area contributed by atoms with Crippen LogP contribution in [0.15, 0.2) is 29.1 Å². The van der Waals surface area contributed by atoms with Gasteiger partial charge in [0.05, 0.1) is 11.7 Å². The van der Waals surface area contributed by atoms with Crippen LogP contribution in [0.1, 0.15) is 17.3 Å². The second-order valence-electron chi connectivity index (χ2n) is 3.15. The van der Waals surface area contributed by atoms with E-state index in [0.717, 1.165) is 11.3 Å². The number of aryl methyl sites for hydroxylation is 1. The predicted octanol–water partition coefficient (Wildman–Crippen LogP) is 1.02. The van der Waals surface area contributed by atoms with Gasteiger partial charge in [-0.25, -0.2) is 4.68 Å². The summed E-state index contributed by atoms with van der Waals surface area (Å²) in [4.78, 5) is 4.03. The van der Waals surface area contributed by atoms with Crippen LogP contribution in [0.5, 0.6) is 0 Å². The maximum Gasteiger partial charge on any atom is 0.153 e. The molecule has 15 heavy (non-hydrogen) atoms. The van der Waals surface area contributed by atoms with Gasteiger partial charge >= 0.3 is 0 Å². The minimum absolute atomic E-state index is 0.270. The van der Waals surface area contributed by atoms with Gasteiger partial charge in [-0.2, -0.15) is 0 Å². The van der Waals surface area contributed by atoms with E-state index in [4.69, 9.17) is 5.73 Å². The fourth-order valence-corrected chi connectivity index (χ4v) is 1.96. The quantitative estimate of drug-likeness (QED) is 0.882. The fourth-order valence-electron chi connectivity index (χ4n) is 1.39. The number of hydrogen-bond acceptors (Lipinski definition) is 4. The first-order valence-corrected chi connectivity index (χ1v) is 5.20. The Morgan fingerprint density at radius 2 is 2.33 bits per heavy atom. The molecule has 5 nitrogen and oxygen atoms in total. The lowest BCUT2D eigenvalue weighted by Gasteiger charge is -2.11. The molecule has 0 bridgehead atoms. The average Bonchev–Trinajstić information content (AvgIpc) is 2.59. The molecule has 0 aliphatic heterocycles. The number of halogens is 1. The minimum atomic E-state index is -0.270. The summed E-state index contributed by atoms with van der Waals surface area (Å²) in [6.45, 7) is 0. The Hall–Kier alpha value is -1.27. The summed E-state index contributed by atoms with van der Waals surface area (Å²) in [5.74, 6) is 0. The number of nitrogens with two attached hydrogens (primary N) is 1. The topological polar surface area (TPSA) is 69.6 Å². The molecule has 0 fully saturated rings. The van der Waals surface area contributed by atoms with Gasteiger partial charge in [-0.15, -0.1) is 5.10 Å². The molecule has 6 heteroatoms. The summed E-state index contributed by atoms with van der Waals surface area (Å²) >= 11 is 3.32. The highest BCUT2D eigenvalue weighted by Crippen LogP contribution is 2.23. The summed E-state index contributed by atoms with van der Waals surface area (Å²) in [6, 6.07) is 3.51. The van der Waals surface area contributed by atoms with Gasteiger partial charge in [0.25, 0.3) is 0 Å². The lowest BCUT2D eigenvalue weighted by atomic mass is 10.1. The number of nitrogens with zero attached hydrogens (tertiary/aromatic N) is 4. The Morgan fingerprint density at radius 1 is 1.53 bits per heavy atom. The highest BCUT2D eigenvalue weighted by atomic mass is 79.9. The zero-order valence-corrected chi connectivity index (χ0v) is 9.72. The zero-order chi connectivity index (χ0) is 10.8. The van der Waals surface area contributed by atoms with Gasteiger partial charge in [0.1, 0.15) is 0 Å². The standard InChI is InChI=1S/C9H10BrN5/c1-15-8(9(10)13-14-15)7(11)6-3-2-4-12-5-6/h2-5,7H,11H2,1H3. The van der Waals surface area contributed by atoms with E-state index in [0.29, 0.717) is 4.60 Å². The third-order valence-electron chi connectivity index (χ3n) is 2.16. The largest absolute Gasteiger partial charge is 0.319 e. The van der Waals surface area contributed by atoms with E-state index in [1.165, 1.54) is 0 Å². The van der Waals surface area contributed by atoms with E-state index in [1.54, 1.807) is 17.1 Å². The number of aromatic nitrogens is 4. The van der Waals surface area contributed by atoms with Crippen molar-refractivity contribution < 1.29 is 0 Å². The molecular weight excluding hydrogens is 258 g/mol. The first kappa shape index (κ1) is 10.3. The minimum Gasteiger partial charge on any atom is -0.319 e. The van der Waals surface area contributed by atoms with Gasteiger partial charge < -0.3 is 5.73 Å². The molecule has 0 radical (unpaired) electrons. The first-order valence-electron chi connectivity index (χ1n) is 4.40. The van der Waals surface area contributed by atoms with Gasteiger partial charge in [-0.1, -0.05) is 11.3 Å². The molecule has 1 atom stereocenters. The lowest BCUT2D eigenvalue weighted by Crippen LogP contribution is -2.16. The average molecular weight is 268 g/mol. The molecule has 0 saturated heterocycles. The van der Waals surface area contributed by atoms with Crippen LogP contribution in [0.3, 0.4) is 0 Å². The van der Waals surface area contributed by atoms with Crippen molar-refractivity contribution in [1.82, 2.24) is 20.0 Å². The van der Waals surface area contributed by atoms with Gasteiger partial charge in [0, 0.05) is 19.4 Å². The smallest absolute Gasteiger partial charge is 0.153 e. The van der Waals surface area contributed by atoms with Crippen LogP contribution < -0.4 is 5.73 Å². The van der Waals surface area contributed by atoms with Crippen molar-refractivity contribution in [1.29, 1.82) is 0 Å². The highest BCUT2D eigenvalue weighted by Gasteiger charge is 2.17. The summed E-state index contributed by atoms with van der Waals surface area (Å²) in [5.41, 5.74) is 7.86. The Bertz CT molecular complexity index is 433. The molecule has 2 heterocycles. The van der Waals surface area contributed by atoms with Gasteiger partial charge in [0.2, 0.25) is 0 Å². The van der Waals surface area contributed by atoms with Crippen LogP contribution in [-0.4, -0.2) is 20.0 Å². The van der Waals surface area contributed by atoms with E-state index < -0.39 is 0 Å². The summed E-state index contributed by atoms with van der Waals surface area (Å²) in [5, 5.41) is 7.77. The van der Waals surface area contributed by atoms with Crippen molar-refractivity contribution in [3.05, 3.63) is 40.4 Å². The molecule has 0 aliphatic rings. The van der Waals surface area contributed by atoms with Gasteiger partial charge in [0.15, 0.2) is 4.60 Å². The second-order valence-corrected chi connectivity index (χ2v) is 3.90. The van der Waals surface area contributed by atoms with Crippen molar-refractivity contribution in [2.24, 2.45) is 12.8 Å². The lowest BCUT2D eigenvalue weighted by molar-refractivity contribution is 0.650. The molecule has 0 spiro atoms. The van der Waals surface area contributed by atoms with E-state index in [9.17, 15) is 0 Å². The SMILES string of the molecule is Cn1nnc(Br)c1C(N)c1cccnc1. The van der Waals surface area contributed by atoms with Crippen LogP contribution >= 0.6 is 15.9 Å². The van der Waals surface area contributed by atoms with Crippen LogP contribution in [0.2, 0.25) is 0 Å². The van der Waals surface area contributed by atoms with Crippen molar-refractivity contribution in [2.75, 3.05) is 0 Å². The molecule has 0 aromatic carbocycles. The van der Waals surface area contributed by atoms with Crippen molar-refractivity contribution in [3.8, 4) is 0 Å². The van der Waals surface area contributed by atoms with E-state index in [-0.39, 0.29) is 6.04 Å². The summed E-state index contributed by atoms with van der Waals surface area (Å²) in [7, 11) is 1.81. The van der Waals surface area contributed by atoms with Crippen LogP contribution in [0.4, 0.5) is 0 Å². The molecule has 1 unspecified atom stereocenters. The van der Waals surface area contributed by atoms with Gasteiger partial charge in [-0.3, -0.25) is 4.98 Å². The maximum atomic E-state index is 6.09. The number of rotatable bonds is 2. The van der Waals surface area contributed by atoms with E-state index >= 15 is 0 Å². The van der Waals surface area contributed by atoms with Crippen LogP contribution in [0.25, 0.3) is 0 Å². The molecule has 2 aromatic rings. The molecule has 2 N–H and O–H groups in total. The van der Waals surface area contributed by atoms with Crippen molar-refractivity contribution in [3.63, 3.8) is 0 Å². The normalized spacial score (nSPS) is 12.7. The fraction of sp³-hybridized carbons (Fsp3) is 0.222. The first-order chi connectivity index (χ1) is 7.20. The Morgan fingerprint density at radius 3 is 2.87 bits per heavy atom. The third-order valence-corrected chi connectivity index (χ3v) is 2.73. The second kappa shape index (κ2) is 4.08. The molecule has 0 saturated carbocycles. The Balaban J connectivity index is 2.41. The monoisotopic (exact) mass is 267 g/mol. The summed E-state index contributed by atoms with van der Waals surface area (Å²) < 4.78 is 2.32. The van der Waals surface area contributed by atoms with Gasteiger partial charge in [-0.05, 0) is 27.6 Å². The molecule has 0 amide bonds. The molecule has 0 aliphatic carbocycles.